The largest absolute Gasteiger partial charge is 0.483 e. The molecule has 1 amide bonds. The Labute approximate surface area is 162 Å². The summed E-state index contributed by atoms with van der Waals surface area (Å²) in [4.78, 5) is 27.3. The van der Waals surface area contributed by atoms with E-state index < -0.39 is 5.97 Å². The number of hydrogen-bond donors (Lipinski definition) is 1. The minimum Gasteiger partial charge on any atom is -0.483 e. The van der Waals surface area contributed by atoms with Gasteiger partial charge in [-0.25, -0.2) is 0 Å². The number of rotatable bonds is 7. The average Bonchev–Trinajstić information content (AvgIpc) is 2.85. The van der Waals surface area contributed by atoms with Crippen LogP contribution in [0.25, 0.3) is 0 Å². The summed E-state index contributed by atoms with van der Waals surface area (Å²) in [6.45, 7) is 7.66. The summed E-state index contributed by atoms with van der Waals surface area (Å²) in [5.74, 6) is 0.293. The van der Waals surface area contributed by atoms with E-state index in [9.17, 15) is 9.59 Å². The highest BCUT2D eigenvalue weighted by Gasteiger charge is 2.24. The van der Waals surface area contributed by atoms with Crippen molar-refractivity contribution in [1.82, 2.24) is 9.80 Å². The van der Waals surface area contributed by atoms with Crippen molar-refractivity contribution in [2.45, 2.75) is 52.0 Å². The number of carboxylic acid groups (broad SMARTS) is 1. The molecule has 0 bridgehead atoms. The first kappa shape index (κ1) is 21.2. The molecule has 0 saturated carbocycles. The minimum absolute atomic E-state index is 0.00671. The number of hydrogen-bond acceptors (Lipinski definition) is 4. The molecule has 27 heavy (non-hydrogen) atoms. The number of carbonyl (C=O) groups excluding carboxylic acids is 1. The standard InChI is InChI=1S/C21H32N2O4/c1-15(2)18-8-7-16(3)12-19(18)27-14-20(24)23-10-5-6-17(9-11-23)22(4)13-21(25)26/h7-8,12,15,17H,5-6,9-11,13-14H2,1-4H3,(H,25,26). The van der Waals surface area contributed by atoms with Crippen LogP contribution in [0.2, 0.25) is 0 Å². The van der Waals surface area contributed by atoms with Crippen LogP contribution < -0.4 is 4.74 Å². The molecule has 1 aromatic rings. The molecule has 1 atom stereocenters. The van der Waals surface area contributed by atoms with Gasteiger partial charge in [-0.1, -0.05) is 26.0 Å². The Bertz CT molecular complexity index is 660. The first-order chi connectivity index (χ1) is 12.8. The first-order valence-electron chi connectivity index (χ1n) is 9.71. The number of benzene rings is 1. The van der Waals surface area contributed by atoms with Gasteiger partial charge < -0.3 is 14.7 Å². The predicted molar refractivity (Wildman–Crippen MR) is 105 cm³/mol. The SMILES string of the molecule is Cc1ccc(C(C)C)c(OCC(=O)N2CCCC(N(C)CC(=O)O)CC2)c1. The summed E-state index contributed by atoms with van der Waals surface area (Å²) in [6, 6.07) is 6.31. The third-order valence-electron chi connectivity index (χ3n) is 5.20. The maximum Gasteiger partial charge on any atom is 0.317 e. The normalized spacial score (nSPS) is 17.9. The molecule has 1 fully saturated rings. The van der Waals surface area contributed by atoms with Crippen LogP contribution in [-0.2, 0) is 9.59 Å². The number of likely N-dealkylation sites (N-methyl/N-ethyl adjacent to an activating group) is 1. The van der Waals surface area contributed by atoms with E-state index in [1.54, 1.807) is 0 Å². The fourth-order valence-electron chi connectivity index (χ4n) is 3.59. The molecule has 0 aliphatic carbocycles. The van der Waals surface area contributed by atoms with Gasteiger partial charge in [0.05, 0.1) is 6.54 Å². The number of ether oxygens (including phenoxy) is 1. The minimum atomic E-state index is -0.817. The van der Waals surface area contributed by atoms with Crippen LogP contribution in [0.5, 0.6) is 5.75 Å². The molecule has 1 unspecified atom stereocenters. The van der Waals surface area contributed by atoms with E-state index in [2.05, 4.69) is 26.0 Å². The molecule has 150 valence electrons. The van der Waals surface area contributed by atoms with Crippen molar-refractivity contribution in [3.63, 3.8) is 0 Å². The maximum atomic E-state index is 12.6. The van der Waals surface area contributed by atoms with Gasteiger partial charge >= 0.3 is 5.97 Å². The smallest absolute Gasteiger partial charge is 0.317 e. The molecule has 1 saturated heterocycles. The lowest BCUT2D eigenvalue weighted by Crippen LogP contribution is -2.38. The molecule has 0 spiro atoms. The molecular formula is C21H32N2O4. The summed E-state index contributed by atoms with van der Waals surface area (Å²) >= 11 is 0. The highest BCUT2D eigenvalue weighted by atomic mass is 16.5. The molecule has 1 aliphatic heterocycles. The van der Waals surface area contributed by atoms with Gasteiger partial charge in [-0.3, -0.25) is 14.5 Å². The molecule has 6 heteroatoms. The van der Waals surface area contributed by atoms with Gasteiger partial charge in [-0.15, -0.1) is 0 Å². The highest BCUT2D eigenvalue weighted by molar-refractivity contribution is 5.77. The fourth-order valence-corrected chi connectivity index (χ4v) is 3.59. The average molecular weight is 376 g/mol. The number of carbonyl (C=O) groups is 2. The van der Waals surface area contributed by atoms with Crippen LogP contribution in [-0.4, -0.2) is 66.1 Å². The summed E-state index contributed by atoms with van der Waals surface area (Å²) < 4.78 is 5.88. The number of nitrogens with zero attached hydrogens (tertiary/aromatic N) is 2. The second-order valence-electron chi connectivity index (χ2n) is 7.76. The Morgan fingerprint density at radius 2 is 2.04 bits per heavy atom. The fraction of sp³-hybridized carbons (Fsp3) is 0.619. The van der Waals surface area contributed by atoms with E-state index in [4.69, 9.17) is 9.84 Å². The molecule has 1 heterocycles. The van der Waals surface area contributed by atoms with Crippen LogP contribution in [0.15, 0.2) is 18.2 Å². The van der Waals surface area contributed by atoms with Crippen molar-refractivity contribution in [1.29, 1.82) is 0 Å². The van der Waals surface area contributed by atoms with E-state index in [-0.39, 0.29) is 25.1 Å². The zero-order valence-electron chi connectivity index (χ0n) is 16.9. The molecular weight excluding hydrogens is 344 g/mol. The van der Waals surface area contributed by atoms with Gasteiger partial charge in [-0.2, -0.15) is 0 Å². The summed E-state index contributed by atoms with van der Waals surface area (Å²) in [7, 11) is 1.84. The molecule has 6 nitrogen and oxygen atoms in total. The predicted octanol–water partition coefficient (Wildman–Crippen LogP) is 2.89. The quantitative estimate of drug-likeness (QED) is 0.792. The maximum absolute atomic E-state index is 12.6. The van der Waals surface area contributed by atoms with Crippen LogP contribution in [0.1, 0.15) is 50.2 Å². The van der Waals surface area contributed by atoms with E-state index in [1.165, 1.54) is 0 Å². The molecule has 1 aliphatic rings. The number of amides is 1. The van der Waals surface area contributed by atoms with Crippen molar-refractivity contribution in [3.8, 4) is 5.75 Å². The van der Waals surface area contributed by atoms with Crippen molar-refractivity contribution in [2.75, 3.05) is 33.3 Å². The van der Waals surface area contributed by atoms with Crippen LogP contribution in [0.3, 0.4) is 0 Å². The Morgan fingerprint density at radius 3 is 2.70 bits per heavy atom. The van der Waals surface area contributed by atoms with Gasteiger partial charge in [0.1, 0.15) is 5.75 Å². The van der Waals surface area contributed by atoms with Gasteiger partial charge in [0.15, 0.2) is 6.61 Å². The van der Waals surface area contributed by atoms with Crippen molar-refractivity contribution in [3.05, 3.63) is 29.3 Å². The molecule has 0 aromatic heterocycles. The van der Waals surface area contributed by atoms with Crippen LogP contribution in [0, 0.1) is 6.92 Å². The van der Waals surface area contributed by atoms with Gasteiger partial charge in [0, 0.05) is 19.1 Å². The zero-order chi connectivity index (χ0) is 20.0. The summed E-state index contributed by atoms with van der Waals surface area (Å²) in [5.41, 5.74) is 2.22. The number of carboxylic acids is 1. The Balaban J connectivity index is 1.92. The highest BCUT2D eigenvalue weighted by Crippen LogP contribution is 2.27. The zero-order valence-corrected chi connectivity index (χ0v) is 16.9. The first-order valence-corrected chi connectivity index (χ1v) is 9.71. The molecule has 1 N–H and O–H groups in total. The second kappa shape index (κ2) is 9.74. The third kappa shape index (κ3) is 6.24. The van der Waals surface area contributed by atoms with Crippen molar-refractivity contribution >= 4 is 11.9 Å². The summed E-state index contributed by atoms with van der Waals surface area (Å²) in [5, 5.41) is 8.96. The third-order valence-corrected chi connectivity index (χ3v) is 5.20. The molecule has 2 rings (SSSR count). The van der Waals surface area contributed by atoms with E-state index >= 15 is 0 Å². The lowest BCUT2D eigenvalue weighted by molar-refractivity contribution is -0.138. The molecule has 0 radical (unpaired) electrons. The van der Waals surface area contributed by atoms with Crippen LogP contribution >= 0.6 is 0 Å². The van der Waals surface area contributed by atoms with E-state index in [0.717, 1.165) is 36.1 Å². The number of aryl methyl sites for hydroxylation is 1. The summed E-state index contributed by atoms with van der Waals surface area (Å²) in [6.07, 6.45) is 2.57. The number of likely N-dealkylation sites (tertiary alicyclic amines) is 1. The Hall–Kier alpha value is -2.08. The van der Waals surface area contributed by atoms with Crippen molar-refractivity contribution < 1.29 is 19.4 Å². The van der Waals surface area contributed by atoms with Crippen LogP contribution in [0.4, 0.5) is 0 Å². The topological polar surface area (TPSA) is 70.1 Å². The lowest BCUT2D eigenvalue weighted by atomic mass is 10.0. The Morgan fingerprint density at radius 1 is 1.30 bits per heavy atom. The Kier molecular flexibility index (Phi) is 7.66. The second-order valence-corrected chi connectivity index (χ2v) is 7.76. The van der Waals surface area contributed by atoms with Gasteiger partial charge in [-0.05, 0) is 56.3 Å². The number of aliphatic carboxylic acids is 1. The van der Waals surface area contributed by atoms with Gasteiger partial charge in [0.25, 0.3) is 5.91 Å². The lowest BCUT2D eigenvalue weighted by Gasteiger charge is -2.25. The molecule has 1 aromatic carbocycles. The van der Waals surface area contributed by atoms with Crippen molar-refractivity contribution in [2.24, 2.45) is 0 Å². The monoisotopic (exact) mass is 376 g/mol. The van der Waals surface area contributed by atoms with Gasteiger partial charge in [0.2, 0.25) is 0 Å². The van der Waals surface area contributed by atoms with E-state index in [0.29, 0.717) is 19.0 Å². The van der Waals surface area contributed by atoms with E-state index in [1.807, 2.05) is 29.8 Å².